The summed E-state index contributed by atoms with van der Waals surface area (Å²) in [7, 11) is 0. The average Bonchev–Trinajstić information content (AvgIpc) is 3.06. The van der Waals surface area contributed by atoms with Gasteiger partial charge in [0, 0.05) is 11.3 Å². The van der Waals surface area contributed by atoms with Gasteiger partial charge in [-0.1, -0.05) is 41.0 Å². The zero-order valence-electron chi connectivity index (χ0n) is 14.1. The summed E-state index contributed by atoms with van der Waals surface area (Å²) in [6.07, 6.45) is 1.62. The third-order valence-electron chi connectivity index (χ3n) is 3.61. The van der Waals surface area contributed by atoms with Crippen molar-refractivity contribution in [1.82, 2.24) is 9.55 Å². The Morgan fingerprint density at radius 1 is 1.18 bits per heavy atom. The molecule has 5 nitrogen and oxygen atoms in total. The van der Waals surface area contributed by atoms with Crippen molar-refractivity contribution in [3.8, 4) is 22.7 Å². The molecule has 3 rings (SSSR count). The summed E-state index contributed by atoms with van der Waals surface area (Å²) in [5.41, 5.74) is 7.28. The highest BCUT2D eigenvalue weighted by Crippen LogP contribution is 2.33. The number of aromatic nitrogens is 2. The highest BCUT2D eigenvalue weighted by Gasteiger charge is 2.16. The number of halogens is 4. The maximum absolute atomic E-state index is 12.4. The molecule has 0 radical (unpaired) electrons. The number of amides is 1. The lowest BCUT2D eigenvalue weighted by Crippen LogP contribution is -2.13. The van der Waals surface area contributed by atoms with E-state index in [1.165, 1.54) is 12.1 Å². The highest BCUT2D eigenvalue weighted by atomic mass is 35.5. The van der Waals surface area contributed by atoms with Gasteiger partial charge in [0.25, 0.3) is 0 Å². The quantitative estimate of drug-likeness (QED) is 0.520. The van der Waals surface area contributed by atoms with E-state index in [0.717, 1.165) is 17.3 Å². The van der Waals surface area contributed by atoms with E-state index in [-0.39, 0.29) is 11.5 Å². The highest BCUT2D eigenvalue weighted by molar-refractivity contribution is 7.99. The zero-order chi connectivity index (χ0) is 20.3. The molecular weight excluding hydrogens is 431 g/mol. The molecule has 0 aliphatic heterocycles. The summed E-state index contributed by atoms with van der Waals surface area (Å²) in [5, 5.41) is 1.29. The van der Waals surface area contributed by atoms with Crippen LogP contribution in [-0.2, 0) is 4.79 Å². The maximum Gasteiger partial charge on any atom is 0.387 e. The molecule has 28 heavy (non-hydrogen) atoms. The number of rotatable bonds is 7. The summed E-state index contributed by atoms with van der Waals surface area (Å²) in [6, 6.07) is 11.2. The van der Waals surface area contributed by atoms with Crippen molar-refractivity contribution in [1.29, 1.82) is 0 Å². The largest absolute Gasteiger partial charge is 0.435 e. The standard InChI is InChI=1S/C18H13Cl2F2N3O2S/c19-13-6-1-10(7-14(13)20)15-8-24-18(28-9-16(23)26)25(15)11-2-4-12(5-3-11)27-17(21)22/h1-8,17H,9H2,(H2,23,26). The molecule has 0 fully saturated rings. The van der Waals surface area contributed by atoms with Crippen LogP contribution in [0.1, 0.15) is 0 Å². The predicted octanol–water partition coefficient (Wildman–Crippen LogP) is 5.02. The van der Waals surface area contributed by atoms with Gasteiger partial charge in [-0.3, -0.25) is 9.36 Å². The Morgan fingerprint density at radius 3 is 2.50 bits per heavy atom. The minimum absolute atomic E-state index is 0.0290. The number of thioether (sulfide) groups is 1. The van der Waals surface area contributed by atoms with Gasteiger partial charge in [0.2, 0.25) is 5.91 Å². The van der Waals surface area contributed by atoms with Gasteiger partial charge in [0.05, 0.1) is 27.7 Å². The Hall–Kier alpha value is -2.29. The molecule has 2 N–H and O–H groups in total. The summed E-state index contributed by atoms with van der Waals surface area (Å²) in [4.78, 5) is 15.5. The Labute approximate surface area is 173 Å². The Balaban J connectivity index is 2.06. The minimum atomic E-state index is -2.91. The second-order valence-electron chi connectivity index (χ2n) is 5.52. The van der Waals surface area contributed by atoms with Crippen LogP contribution in [-0.4, -0.2) is 27.8 Å². The number of nitrogens with zero attached hydrogens (tertiary/aromatic N) is 2. The van der Waals surface area contributed by atoms with Crippen molar-refractivity contribution >= 4 is 40.9 Å². The molecule has 0 spiro atoms. The summed E-state index contributed by atoms with van der Waals surface area (Å²) in [5.74, 6) is -0.428. The fourth-order valence-electron chi connectivity index (χ4n) is 2.46. The Bertz CT molecular complexity index is 997. The first-order valence-electron chi connectivity index (χ1n) is 7.84. The number of hydrogen-bond acceptors (Lipinski definition) is 4. The normalized spacial score (nSPS) is 11.0. The Kier molecular flexibility index (Phi) is 6.43. The number of primary amides is 1. The van der Waals surface area contributed by atoms with Crippen molar-refractivity contribution in [2.45, 2.75) is 11.8 Å². The van der Waals surface area contributed by atoms with Gasteiger partial charge < -0.3 is 10.5 Å². The van der Waals surface area contributed by atoms with Crippen LogP contribution >= 0.6 is 35.0 Å². The van der Waals surface area contributed by atoms with Crippen molar-refractivity contribution in [2.75, 3.05) is 5.75 Å². The molecule has 0 atom stereocenters. The van der Waals surface area contributed by atoms with E-state index >= 15 is 0 Å². The molecule has 0 aliphatic carbocycles. The molecule has 0 unspecified atom stereocenters. The van der Waals surface area contributed by atoms with Crippen LogP contribution in [0.3, 0.4) is 0 Å². The lowest BCUT2D eigenvalue weighted by Gasteiger charge is -2.13. The van der Waals surface area contributed by atoms with Crippen LogP contribution in [0.25, 0.3) is 16.9 Å². The van der Waals surface area contributed by atoms with Gasteiger partial charge in [0.1, 0.15) is 5.75 Å². The molecule has 1 aromatic heterocycles. The lowest BCUT2D eigenvalue weighted by atomic mass is 10.1. The number of hydrogen-bond donors (Lipinski definition) is 1. The van der Waals surface area contributed by atoms with Gasteiger partial charge in [0.15, 0.2) is 5.16 Å². The fraction of sp³-hybridized carbons (Fsp3) is 0.111. The third kappa shape index (κ3) is 4.76. The van der Waals surface area contributed by atoms with E-state index in [0.29, 0.717) is 26.6 Å². The lowest BCUT2D eigenvalue weighted by molar-refractivity contribution is -0.115. The average molecular weight is 444 g/mol. The number of benzene rings is 2. The summed E-state index contributed by atoms with van der Waals surface area (Å²) >= 11 is 13.3. The van der Waals surface area contributed by atoms with Crippen LogP contribution in [0.2, 0.25) is 10.0 Å². The number of alkyl halides is 2. The van der Waals surface area contributed by atoms with Crippen LogP contribution in [0.4, 0.5) is 8.78 Å². The smallest absolute Gasteiger partial charge is 0.387 e. The molecule has 3 aromatic rings. The van der Waals surface area contributed by atoms with Crippen LogP contribution in [0.5, 0.6) is 5.75 Å². The zero-order valence-corrected chi connectivity index (χ0v) is 16.4. The number of nitrogens with two attached hydrogens (primary N) is 1. The number of imidazole rings is 1. The first-order chi connectivity index (χ1) is 13.3. The van der Waals surface area contributed by atoms with Gasteiger partial charge >= 0.3 is 6.61 Å². The van der Waals surface area contributed by atoms with E-state index < -0.39 is 12.5 Å². The fourth-order valence-corrected chi connectivity index (χ4v) is 3.49. The van der Waals surface area contributed by atoms with Crippen molar-refractivity contribution in [2.24, 2.45) is 5.73 Å². The minimum Gasteiger partial charge on any atom is -0.435 e. The molecule has 146 valence electrons. The first kappa shape index (κ1) is 20.4. The first-order valence-corrected chi connectivity index (χ1v) is 9.59. The van der Waals surface area contributed by atoms with Gasteiger partial charge in [-0.15, -0.1) is 0 Å². The second-order valence-corrected chi connectivity index (χ2v) is 7.27. The van der Waals surface area contributed by atoms with E-state index in [2.05, 4.69) is 9.72 Å². The third-order valence-corrected chi connectivity index (χ3v) is 5.32. The summed E-state index contributed by atoms with van der Waals surface area (Å²) < 4.78 is 30.9. The molecule has 10 heteroatoms. The molecule has 0 bridgehead atoms. The van der Waals surface area contributed by atoms with Crippen LogP contribution in [0.15, 0.2) is 53.8 Å². The molecule has 0 saturated heterocycles. The van der Waals surface area contributed by atoms with Gasteiger partial charge in [-0.05, 0) is 36.4 Å². The summed E-state index contributed by atoms with van der Waals surface area (Å²) in [6.45, 7) is -2.91. The van der Waals surface area contributed by atoms with Crippen molar-refractivity contribution < 1.29 is 18.3 Å². The van der Waals surface area contributed by atoms with E-state index in [1.807, 2.05) is 0 Å². The number of carbonyl (C=O) groups excluding carboxylic acids is 1. The van der Waals surface area contributed by atoms with Gasteiger partial charge in [-0.2, -0.15) is 8.78 Å². The van der Waals surface area contributed by atoms with E-state index in [4.69, 9.17) is 28.9 Å². The molecular formula is C18H13Cl2F2N3O2S. The van der Waals surface area contributed by atoms with E-state index in [9.17, 15) is 13.6 Å². The number of carbonyl (C=O) groups is 1. The molecule has 0 saturated carbocycles. The monoisotopic (exact) mass is 443 g/mol. The van der Waals surface area contributed by atoms with Crippen LogP contribution < -0.4 is 10.5 Å². The molecule has 1 heterocycles. The van der Waals surface area contributed by atoms with Crippen LogP contribution in [0, 0.1) is 0 Å². The predicted molar refractivity (Wildman–Crippen MR) is 106 cm³/mol. The van der Waals surface area contributed by atoms with Gasteiger partial charge in [-0.25, -0.2) is 4.98 Å². The van der Waals surface area contributed by atoms with Crippen molar-refractivity contribution in [3.63, 3.8) is 0 Å². The molecule has 2 aromatic carbocycles. The molecule has 0 aliphatic rings. The number of ether oxygens (including phenoxy) is 1. The van der Waals surface area contributed by atoms with E-state index in [1.54, 1.807) is 41.1 Å². The van der Waals surface area contributed by atoms with Crippen molar-refractivity contribution in [3.05, 3.63) is 58.7 Å². The SMILES string of the molecule is NC(=O)CSc1ncc(-c2ccc(Cl)c(Cl)c2)n1-c1ccc(OC(F)F)cc1. The Morgan fingerprint density at radius 2 is 1.89 bits per heavy atom. The second kappa shape index (κ2) is 8.81. The maximum atomic E-state index is 12.4. The molecule has 1 amide bonds. The topological polar surface area (TPSA) is 70.1 Å².